The lowest BCUT2D eigenvalue weighted by atomic mass is 10.4. The molecule has 0 radical (unpaired) electrons. The molecule has 1 aliphatic carbocycles. The van der Waals surface area contributed by atoms with Crippen molar-refractivity contribution >= 4 is 11.9 Å². The van der Waals surface area contributed by atoms with E-state index in [9.17, 15) is 4.79 Å². The van der Waals surface area contributed by atoms with E-state index in [4.69, 9.17) is 0 Å². The molecule has 92 valence electrons. The third-order valence-corrected chi connectivity index (χ3v) is 2.22. The minimum Gasteiger partial charge on any atom is -0.357 e. The number of carbonyl (C=O) groups is 1. The van der Waals surface area contributed by atoms with E-state index >= 15 is 0 Å². The highest BCUT2D eigenvalue weighted by Gasteiger charge is 2.22. The van der Waals surface area contributed by atoms with Gasteiger partial charge in [-0.25, -0.2) is 4.99 Å². The maximum Gasteiger partial charge on any atom is 0.241 e. The average molecular weight is 226 g/mol. The Morgan fingerprint density at radius 3 is 2.62 bits per heavy atom. The fourth-order valence-electron chi connectivity index (χ4n) is 1.21. The van der Waals surface area contributed by atoms with Gasteiger partial charge >= 0.3 is 0 Å². The highest BCUT2D eigenvalue weighted by Crippen LogP contribution is 2.18. The zero-order chi connectivity index (χ0) is 11.8. The first-order chi connectivity index (χ1) is 7.76. The number of aliphatic imine (C=N–C) groups is 1. The molecule has 1 aliphatic rings. The van der Waals surface area contributed by atoms with Crippen LogP contribution in [-0.4, -0.2) is 37.5 Å². The summed E-state index contributed by atoms with van der Waals surface area (Å²) in [5.41, 5.74) is 0. The maximum absolute atomic E-state index is 11.3. The summed E-state index contributed by atoms with van der Waals surface area (Å²) in [4.78, 5) is 15.6. The standard InChI is InChI=1S/C11H22N4O/c1-3-7-13-10(16)8-14-11(12-4-2)15-9-5-6-9/h9H,3-8H2,1-2H3,(H,13,16)(H2,12,14,15). The van der Waals surface area contributed by atoms with Gasteiger partial charge in [-0.2, -0.15) is 0 Å². The van der Waals surface area contributed by atoms with Crippen molar-refractivity contribution in [1.82, 2.24) is 16.0 Å². The molecule has 0 saturated heterocycles. The molecular formula is C11H22N4O. The molecule has 5 nitrogen and oxygen atoms in total. The lowest BCUT2D eigenvalue weighted by molar-refractivity contribution is -0.119. The third kappa shape index (κ3) is 5.58. The summed E-state index contributed by atoms with van der Waals surface area (Å²) in [6, 6.07) is 0.552. The Balaban J connectivity index is 2.27. The first-order valence-corrected chi connectivity index (χ1v) is 6.07. The predicted octanol–water partition coefficient (Wildman–Crippen LogP) is 0.230. The molecule has 0 bridgehead atoms. The van der Waals surface area contributed by atoms with E-state index in [2.05, 4.69) is 20.9 Å². The normalized spacial score (nSPS) is 15.8. The Morgan fingerprint density at radius 1 is 1.31 bits per heavy atom. The maximum atomic E-state index is 11.3. The molecule has 5 heteroatoms. The Labute approximate surface area is 97.1 Å². The smallest absolute Gasteiger partial charge is 0.241 e. The molecule has 1 saturated carbocycles. The Kier molecular flexibility index (Phi) is 5.67. The van der Waals surface area contributed by atoms with E-state index in [0.29, 0.717) is 6.04 Å². The molecule has 0 unspecified atom stereocenters. The molecule has 0 spiro atoms. The van der Waals surface area contributed by atoms with E-state index in [-0.39, 0.29) is 12.5 Å². The summed E-state index contributed by atoms with van der Waals surface area (Å²) in [6.45, 7) is 5.78. The van der Waals surface area contributed by atoms with Gasteiger partial charge in [0.25, 0.3) is 0 Å². The Bertz CT molecular complexity index is 248. The molecule has 0 aromatic carbocycles. The SMILES string of the molecule is CCCNC(=O)CN=C(NCC)NC1CC1. The Hall–Kier alpha value is -1.26. The van der Waals surface area contributed by atoms with Crippen LogP contribution in [0, 0.1) is 0 Å². The minimum absolute atomic E-state index is 0.0187. The van der Waals surface area contributed by atoms with Crippen molar-refractivity contribution in [1.29, 1.82) is 0 Å². The molecule has 1 rings (SSSR count). The van der Waals surface area contributed by atoms with E-state index in [1.807, 2.05) is 13.8 Å². The zero-order valence-electron chi connectivity index (χ0n) is 10.2. The molecule has 1 fully saturated rings. The average Bonchev–Trinajstić information content (AvgIpc) is 3.07. The molecule has 0 atom stereocenters. The monoisotopic (exact) mass is 226 g/mol. The van der Waals surface area contributed by atoms with Gasteiger partial charge < -0.3 is 16.0 Å². The third-order valence-electron chi connectivity index (χ3n) is 2.22. The van der Waals surface area contributed by atoms with Gasteiger partial charge in [-0.05, 0) is 26.2 Å². The number of hydrogen-bond acceptors (Lipinski definition) is 2. The topological polar surface area (TPSA) is 65.5 Å². The number of rotatable bonds is 6. The summed E-state index contributed by atoms with van der Waals surface area (Å²) in [7, 11) is 0. The highest BCUT2D eigenvalue weighted by molar-refractivity contribution is 5.85. The number of amides is 1. The van der Waals surface area contributed by atoms with Gasteiger partial charge in [0.15, 0.2) is 5.96 Å². The van der Waals surface area contributed by atoms with Gasteiger partial charge in [-0.1, -0.05) is 6.92 Å². The predicted molar refractivity (Wildman–Crippen MR) is 65.4 cm³/mol. The summed E-state index contributed by atoms with van der Waals surface area (Å²) >= 11 is 0. The van der Waals surface area contributed by atoms with E-state index < -0.39 is 0 Å². The lowest BCUT2D eigenvalue weighted by Crippen LogP contribution is -2.39. The minimum atomic E-state index is -0.0187. The summed E-state index contributed by atoms with van der Waals surface area (Å²) < 4.78 is 0. The number of guanidine groups is 1. The molecular weight excluding hydrogens is 204 g/mol. The lowest BCUT2D eigenvalue weighted by Gasteiger charge is -2.09. The fourth-order valence-corrected chi connectivity index (χ4v) is 1.21. The summed E-state index contributed by atoms with van der Waals surface area (Å²) in [6.07, 6.45) is 3.36. The van der Waals surface area contributed by atoms with Gasteiger partial charge in [-0.3, -0.25) is 4.79 Å². The van der Waals surface area contributed by atoms with E-state index in [0.717, 1.165) is 25.5 Å². The van der Waals surface area contributed by atoms with Crippen molar-refractivity contribution in [3.8, 4) is 0 Å². The van der Waals surface area contributed by atoms with Gasteiger partial charge in [-0.15, -0.1) is 0 Å². The summed E-state index contributed by atoms with van der Waals surface area (Å²) in [5.74, 6) is 0.728. The molecule has 1 amide bonds. The largest absolute Gasteiger partial charge is 0.357 e. The molecule has 0 heterocycles. The van der Waals surface area contributed by atoms with Crippen LogP contribution in [0.2, 0.25) is 0 Å². The van der Waals surface area contributed by atoms with Gasteiger partial charge in [0.05, 0.1) is 0 Å². The highest BCUT2D eigenvalue weighted by atomic mass is 16.1. The zero-order valence-corrected chi connectivity index (χ0v) is 10.2. The second-order valence-corrected chi connectivity index (χ2v) is 3.96. The quantitative estimate of drug-likeness (QED) is 0.449. The fraction of sp³-hybridized carbons (Fsp3) is 0.818. The van der Waals surface area contributed by atoms with Crippen LogP contribution in [0.4, 0.5) is 0 Å². The second-order valence-electron chi connectivity index (χ2n) is 3.96. The van der Waals surface area contributed by atoms with Gasteiger partial charge in [0.2, 0.25) is 5.91 Å². The molecule has 16 heavy (non-hydrogen) atoms. The van der Waals surface area contributed by atoms with Crippen molar-refractivity contribution in [2.45, 2.75) is 39.2 Å². The molecule has 0 aliphatic heterocycles. The number of nitrogens with zero attached hydrogens (tertiary/aromatic N) is 1. The van der Waals surface area contributed by atoms with Gasteiger partial charge in [0.1, 0.15) is 6.54 Å². The Morgan fingerprint density at radius 2 is 2.06 bits per heavy atom. The van der Waals surface area contributed by atoms with Crippen molar-refractivity contribution in [2.24, 2.45) is 4.99 Å². The van der Waals surface area contributed by atoms with Crippen LogP contribution in [0.15, 0.2) is 4.99 Å². The van der Waals surface area contributed by atoms with E-state index in [1.165, 1.54) is 12.8 Å². The van der Waals surface area contributed by atoms with E-state index in [1.54, 1.807) is 0 Å². The van der Waals surface area contributed by atoms with Crippen LogP contribution in [-0.2, 0) is 4.79 Å². The van der Waals surface area contributed by atoms with Crippen LogP contribution in [0.1, 0.15) is 33.1 Å². The first kappa shape index (κ1) is 12.8. The second kappa shape index (κ2) is 7.09. The van der Waals surface area contributed by atoms with Crippen LogP contribution >= 0.6 is 0 Å². The van der Waals surface area contributed by atoms with Crippen LogP contribution < -0.4 is 16.0 Å². The molecule has 0 aromatic heterocycles. The summed E-state index contributed by atoms with van der Waals surface area (Å²) in [5, 5.41) is 9.18. The van der Waals surface area contributed by atoms with Crippen LogP contribution in [0.3, 0.4) is 0 Å². The van der Waals surface area contributed by atoms with Crippen molar-refractivity contribution < 1.29 is 4.79 Å². The molecule has 3 N–H and O–H groups in total. The molecule has 0 aromatic rings. The van der Waals surface area contributed by atoms with Crippen LogP contribution in [0.25, 0.3) is 0 Å². The van der Waals surface area contributed by atoms with Crippen LogP contribution in [0.5, 0.6) is 0 Å². The van der Waals surface area contributed by atoms with Crippen molar-refractivity contribution in [3.63, 3.8) is 0 Å². The first-order valence-electron chi connectivity index (χ1n) is 6.07. The number of carbonyl (C=O) groups excluding carboxylic acids is 1. The van der Waals surface area contributed by atoms with Gasteiger partial charge in [0, 0.05) is 19.1 Å². The number of hydrogen-bond donors (Lipinski definition) is 3. The number of nitrogens with one attached hydrogen (secondary N) is 3. The van der Waals surface area contributed by atoms with Crippen molar-refractivity contribution in [2.75, 3.05) is 19.6 Å². The van der Waals surface area contributed by atoms with Crippen molar-refractivity contribution in [3.05, 3.63) is 0 Å².